The van der Waals surface area contributed by atoms with E-state index in [-0.39, 0.29) is 17.6 Å². The molecule has 1 fully saturated rings. The average molecular weight is 309 g/mol. The van der Waals surface area contributed by atoms with E-state index in [0.717, 1.165) is 24.2 Å². The van der Waals surface area contributed by atoms with Crippen molar-refractivity contribution in [2.75, 3.05) is 0 Å². The number of amides is 1. The van der Waals surface area contributed by atoms with Crippen LogP contribution in [0.3, 0.4) is 0 Å². The molecule has 23 heavy (non-hydrogen) atoms. The molecule has 1 unspecified atom stereocenters. The van der Waals surface area contributed by atoms with E-state index < -0.39 is 0 Å². The number of carbonyl (C=O) groups is 1. The first-order valence-electron chi connectivity index (χ1n) is 7.57. The van der Waals surface area contributed by atoms with Crippen LogP contribution in [0.25, 0.3) is 11.0 Å². The molecule has 0 radical (unpaired) electrons. The van der Waals surface area contributed by atoms with Crippen LogP contribution < -0.4 is 5.32 Å². The molecule has 1 aliphatic carbocycles. The van der Waals surface area contributed by atoms with E-state index in [0.29, 0.717) is 17.3 Å². The van der Waals surface area contributed by atoms with E-state index in [2.05, 4.69) is 25.4 Å². The van der Waals surface area contributed by atoms with Gasteiger partial charge in [0.1, 0.15) is 11.7 Å². The molecule has 2 heterocycles. The summed E-state index contributed by atoms with van der Waals surface area (Å²) < 4.78 is 5.22. The largest absolute Gasteiger partial charge is 0.339 e. The standard InChI is InChI=1S/C16H15N5O2/c1-9(16-20-14(21-23-16)10-6-7-10)18-15(22)13-8-17-11-4-2-3-5-12(11)19-13/h2-5,8-10H,6-7H2,1H3,(H,18,22). The maximum atomic E-state index is 12.3. The first kappa shape index (κ1) is 13.8. The summed E-state index contributed by atoms with van der Waals surface area (Å²) >= 11 is 0. The number of rotatable bonds is 4. The number of nitrogens with one attached hydrogen (secondary N) is 1. The van der Waals surface area contributed by atoms with Crippen LogP contribution in [-0.4, -0.2) is 26.0 Å². The molecule has 1 atom stereocenters. The highest BCUT2D eigenvalue weighted by molar-refractivity contribution is 5.93. The minimum atomic E-state index is -0.379. The molecule has 116 valence electrons. The molecule has 7 heteroatoms. The highest BCUT2D eigenvalue weighted by Crippen LogP contribution is 2.38. The fourth-order valence-electron chi connectivity index (χ4n) is 2.33. The Morgan fingerprint density at radius 2 is 2.04 bits per heavy atom. The van der Waals surface area contributed by atoms with Crippen LogP contribution in [-0.2, 0) is 0 Å². The van der Waals surface area contributed by atoms with Crippen molar-refractivity contribution in [1.82, 2.24) is 25.4 Å². The summed E-state index contributed by atoms with van der Waals surface area (Å²) in [5.74, 6) is 1.24. The zero-order valence-corrected chi connectivity index (χ0v) is 12.6. The molecule has 1 saturated carbocycles. The molecule has 0 bridgehead atoms. The summed E-state index contributed by atoms with van der Waals surface area (Å²) in [6.45, 7) is 1.80. The summed E-state index contributed by atoms with van der Waals surface area (Å²) in [6.07, 6.45) is 3.67. The van der Waals surface area contributed by atoms with Gasteiger partial charge in [-0.15, -0.1) is 0 Å². The van der Waals surface area contributed by atoms with Gasteiger partial charge in [0.2, 0.25) is 5.89 Å². The normalized spacial score (nSPS) is 15.5. The predicted octanol–water partition coefficient (Wildman–Crippen LogP) is 2.38. The predicted molar refractivity (Wildman–Crippen MR) is 81.7 cm³/mol. The Labute approximate surface area is 132 Å². The van der Waals surface area contributed by atoms with Crippen LogP contribution in [0.1, 0.15) is 53.9 Å². The smallest absolute Gasteiger partial charge is 0.272 e. The van der Waals surface area contributed by atoms with Crippen LogP contribution in [0.2, 0.25) is 0 Å². The van der Waals surface area contributed by atoms with Crippen LogP contribution in [0.15, 0.2) is 35.0 Å². The lowest BCUT2D eigenvalue weighted by molar-refractivity contribution is 0.0927. The van der Waals surface area contributed by atoms with E-state index in [1.165, 1.54) is 6.20 Å². The van der Waals surface area contributed by atoms with Crippen molar-refractivity contribution in [3.63, 3.8) is 0 Å². The van der Waals surface area contributed by atoms with Crippen molar-refractivity contribution in [3.05, 3.63) is 47.9 Å². The van der Waals surface area contributed by atoms with E-state index in [1.54, 1.807) is 6.92 Å². The first-order chi connectivity index (χ1) is 11.2. The Kier molecular flexibility index (Phi) is 3.25. The summed E-state index contributed by atoms with van der Waals surface area (Å²) in [5, 5.41) is 6.77. The van der Waals surface area contributed by atoms with Gasteiger partial charge < -0.3 is 9.84 Å². The SMILES string of the molecule is CC(NC(=O)c1cnc2ccccc2n1)c1nc(C2CC2)no1. The average Bonchev–Trinajstić information content (AvgIpc) is 3.31. The highest BCUT2D eigenvalue weighted by Gasteiger charge is 2.30. The number of benzene rings is 1. The van der Waals surface area contributed by atoms with Crippen LogP contribution in [0.4, 0.5) is 0 Å². The van der Waals surface area contributed by atoms with E-state index >= 15 is 0 Å². The molecular weight excluding hydrogens is 294 g/mol. The Hall–Kier alpha value is -2.83. The van der Waals surface area contributed by atoms with Crippen molar-refractivity contribution < 1.29 is 9.32 Å². The maximum Gasteiger partial charge on any atom is 0.272 e. The molecule has 4 rings (SSSR count). The molecule has 3 aromatic rings. The van der Waals surface area contributed by atoms with Crippen molar-refractivity contribution >= 4 is 16.9 Å². The molecule has 1 aromatic carbocycles. The Morgan fingerprint density at radius 3 is 2.83 bits per heavy atom. The molecule has 1 aliphatic rings. The van der Waals surface area contributed by atoms with E-state index in [1.807, 2.05) is 24.3 Å². The van der Waals surface area contributed by atoms with Gasteiger partial charge in [0, 0.05) is 5.92 Å². The molecule has 0 aliphatic heterocycles. The van der Waals surface area contributed by atoms with Gasteiger partial charge in [-0.3, -0.25) is 9.78 Å². The minimum Gasteiger partial charge on any atom is -0.339 e. The monoisotopic (exact) mass is 309 g/mol. The number of fused-ring (bicyclic) bond motifs is 1. The molecule has 0 saturated heterocycles. The number of nitrogens with zero attached hydrogens (tertiary/aromatic N) is 4. The summed E-state index contributed by atoms with van der Waals surface area (Å²) in [5.41, 5.74) is 1.70. The lowest BCUT2D eigenvalue weighted by Gasteiger charge is -2.09. The fraction of sp³-hybridized carbons (Fsp3) is 0.312. The maximum absolute atomic E-state index is 12.3. The topological polar surface area (TPSA) is 93.8 Å². The lowest BCUT2D eigenvalue weighted by atomic mass is 10.2. The lowest BCUT2D eigenvalue weighted by Crippen LogP contribution is -2.27. The molecular formula is C16H15N5O2. The zero-order chi connectivity index (χ0) is 15.8. The molecule has 1 amide bonds. The third kappa shape index (κ3) is 2.77. The summed E-state index contributed by atoms with van der Waals surface area (Å²) in [6, 6.07) is 7.04. The van der Waals surface area contributed by atoms with Crippen molar-refractivity contribution in [3.8, 4) is 0 Å². The quantitative estimate of drug-likeness (QED) is 0.795. The second-order valence-corrected chi connectivity index (χ2v) is 5.70. The van der Waals surface area contributed by atoms with Crippen LogP contribution in [0.5, 0.6) is 0 Å². The number of aromatic nitrogens is 4. The minimum absolute atomic E-state index is 0.262. The second kappa shape index (κ2) is 5.42. The van der Waals surface area contributed by atoms with Crippen LogP contribution >= 0.6 is 0 Å². The van der Waals surface area contributed by atoms with Gasteiger partial charge >= 0.3 is 0 Å². The Bertz CT molecular complexity index is 872. The van der Waals surface area contributed by atoms with Gasteiger partial charge in [0.05, 0.1) is 17.2 Å². The van der Waals surface area contributed by atoms with Gasteiger partial charge in [0.15, 0.2) is 5.82 Å². The Morgan fingerprint density at radius 1 is 1.26 bits per heavy atom. The molecule has 0 spiro atoms. The summed E-state index contributed by atoms with van der Waals surface area (Å²) in [4.78, 5) is 25.2. The number of hydrogen-bond donors (Lipinski definition) is 1. The van der Waals surface area contributed by atoms with Gasteiger partial charge in [-0.1, -0.05) is 17.3 Å². The third-order valence-corrected chi connectivity index (χ3v) is 3.80. The van der Waals surface area contributed by atoms with Gasteiger partial charge in [-0.25, -0.2) is 4.98 Å². The van der Waals surface area contributed by atoms with Crippen molar-refractivity contribution in [2.45, 2.75) is 31.7 Å². The molecule has 2 aromatic heterocycles. The fourth-order valence-corrected chi connectivity index (χ4v) is 2.33. The molecule has 7 nitrogen and oxygen atoms in total. The van der Waals surface area contributed by atoms with Gasteiger partial charge in [-0.2, -0.15) is 4.98 Å². The van der Waals surface area contributed by atoms with Gasteiger partial charge in [-0.05, 0) is 31.9 Å². The van der Waals surface area contributed by atoms with Gasteiger partial charge in [0.25, 0.3) is 5.91 Å². The highest BCUT2D eigenvalue weighted by atomic mass is 16.5. The first-order valence-corrected chi connectivity index (χ1v) is 7.57. The number of hydrogen-bond acceptors (Lipinski definition) is 6. The Balaban J connectivity index is 1.50. The summed E-state index contributed by atoms with van der Waals surface area (Å²) in [7, 11) is 0. The molecule has 1 N–H and O–H groups in total. The number of carbonyl (C=O) groups excluding carboxylic acids is 1. The van der Waals surface area contributed by atoms with Crippen molar-refractivity contribution in [2.24, 2.45) is 0 Å². The third-order valence-electron chi connectivity index (χ3n) is 3.80. The van der Waals surface area contributed by atoms with Crippen molar-refractivity contribution in [1.29, 1.82) is 0 Å². The van der Waals surface area contributed by atoms with E-state index in [4.69, 9.17) is 4.52 Å². The number of para-hydroxylation sites is 2. The van der Waals surface area contributed by atoms with Crippen LogP contribution in [0, 0.1) is 0 Å². The van der Waals surface area contributed by atoms with E-state index in [9.17, 15) is 4.79 Å². The zero-order valence-electron chi connectivity index (χ0n) is 12.6. The second-order valence-electron chi connectivity index (χ2n) is 5.70.